The fraction of sp³-hybridized carbons (Fsp3) is 0.391. The number of carbonyl (C=O) groups excluding carboxylic acids is 2. The van der Waals surface area contributed by atoms with Crippen molar-refractivity contribution < 1.29 is 18.0 Å². The van der Waals surface area contributed by atoms with Crippen LogP contribution in [0.3, 0.4) is 0 Å². The van der Waals surface area contributed by atoms with Crippen molar-refractivity contribution in [3.05, 3.63) is 64.1 Å². The zero-order valence-electron chi connectivity index (χ0n) is 19.7. The number of amides is 2. The Bertz CT molecular complexity index is 1080. The van der Waals surface area contributed by atoms with Crippen molar-refractivity contribution in [2.45, 2.75) is 32.9 Å². The van der Waals surface area contributed by atoms with Crippen LogP contribution in [0, 0.1) is 0 Å². The maximum atomic E-state index is 13.7. The predicted octanol–water partition coefficient (Wildman–Crippen LogP) is 3.55. The van der Waals surface area contributed by atoms with E-state index < -0.39 is 28.7 Å². The highest BCUT2D eigenvalue weighted by atomic mass is 35.5. The van der Waals surface area contributed by atoms with Crippen LogP contribution in [0.1, 0.15) is 25.8 Å². The first kappa shape index (κ1) is 27.9. The molecule has 0 aliphatic heterocycles. The average Bonchev–Trinajstić information content (AvgIpc) is 2.79. The molecule has 0 saturated carbocycles. The molecule has 0 spiro atoms. The van der Waals surface area contributed by atoms with Crippen LogP contribution in [0.4, 0.5) is 5.69 Å². The Morgan fingerprint density at radius 3 is 2.06 bits per heavy atom. The highest BCUT2D eigenvalue weighted by Gasteiger charge is 2.34. The molecule has 1 N–H and O–H groups in total. The van der Waals surface area contributed by atoms with Gasteiger partial charge in [-0.2, -0.15) is 12.7 Å². The second kappa shape index (κ2) is 12.4. The van der Waals surface area contributed by atoms with Gasteiger partial charge in [0.2, 0.25) is 11.8 Å². The van der Waals surface area contributed by atoms with E-state index in [0.717, 1.165) is 8.61 Å². The Kier molecular flexibility index (Phi) is 10.2. The standard InChI is InChI=1S/C23H30Cl2N4O4S/c1-5-21(23(31)26-6-2)28(15-18-19(24)13-10-14-20(18)25)22(30)16-29(34(32,33)27(3)4)17-11-8-7-9-12-17/h7-14,21H,5-6,15-16H2,1-4H3,(H,26,31). The van der Waals surface area contributed by atoms with Gasteiger partial charge >= 0.3 is 10.2 Å². The van der Waals surface area contributed by atoms with Crippen LogP contribution in [-0.4, -0.2) is 62.7 Å². The summed E-state index contributed by atoms with van der Waals surface area (Å²) in [5.41, 5.74) is 0.801. The van der Waals surface area contributed by atoms with Crippen molar-refractivity contribution in [1.29, 1.82) is 0 Å². The second-order valence-electron chi connectivity index (χ2n) is 7.67. The first-order valence-electron chi connectivity index (χ1n) is 10.8. The molecule has 0 saturated heterocycles. The quantitative estimate of drug-likeness (QED) is 0.482. The normalized spacial score (nSPS) is 12.3. The molecule has 0 heterocycles. The van der Waals surface area contributed by atoms with E-state index >= 15 is 0 Å². The lowest BCUT2D eigenvalue weighted by molar-refractivity contribution is -0.140. The molecule has 2 rings (SSSR count). The Balaban J connectivity index is 2.53. The second-order valence-corrected chi connectivity index (χ2v) is 10.6. The van der Waals surface area contributed by atoms with Crippen LogP contribution in [0.5, 0.6) is 0 Å². The van der Waals surface area contributed by atoms with Gasteiger partial charge in [0, 0.05) is 42.8 Å². The van der Waals surface area contributed by atoms with Gasteiger partial charge in [-0.05, 0) is 37.6 Å². The Labute approximate surface area is 211 Å². The van der Waals surface area contributed by atoms with Gasteiger partial charge in [-0.25, -0.2) is 4.31 Å². The number of anilines is 1. The van der Waals surface area contributed by atoms with Crippen molar-refractivity contribution in [3.63, 3.8) is 0 Å². The topological polar surface area (TPSA) is 90.0 Å². The number of hydrogen-bond acceptors (Lipinski definition) is 4. The molecule has 2 aromatic carbocycles. The molecule has 34 heavy (non-hydrogen) atoms. The third kappa shape index (κ3) is 6.63. The maximum Gasteiger partial charge on any atom is 0.304 e. The molecule has 0 aromatic heterocycles. The van der Waals surface area contributed by atoms with Crippen molar-refractivity contribution in [2.24, 2.45) is 0 Å². The minimum atomic E-state index is -4.01. The summed E-state index contributed by atoms with van der Waals surface area (Å²) in [7, 11) is -1.23. The van der Waals surface area contributed by atoms with E-state index in [1.54, 1.807) is 62.4 Å². The largest absolute Gasteiger partial charge is 0.355 e. The van der Waals surface area contributed by atoms with Gasteiger partial charge in [0.15, 0.2) is 0 Å². The highest BCUT2D eigenvalue weighted by molar-refractivity contribution is 7.90. The lowest BCUT2D eigenvalue weighted by Gasteiger charge is -2.34. The first-order valence-corrected chi connectivity index (χ1v) is 12.9. The van der Waals surface area contributed by atoms with Gasteiger partial charge in [-0.1, -0.05) is 54.4 Å². The third-order valence-electron chi connectivity index (χ3n) is 5.19. The summed E-state index contributed by atoms with van der Waals surface area (Å²) < 4.78 is 28.2. The number of nitrogens with one attached hydrogen (secondary N) is 1. The van der Waals surface area contributed by atoms with Crippen LogP contribution in [-0.2, 0) is 26.3 Å². The Morgan fingerprint density at radius 2 is 1.56 bits per heavy atom. The molecule has 8 nitrogen and oxygen atoms in total. The van der Waals surface area contributed by atoms with Crippen LogP contribution in [0.25, 0.3) is 0 Å². The van der Waals surface area contributed by atoms with E-state index in [1.807, 2.05) is 0 Å². The molecule has 0 aliphatic carbocycles. The van der Waals surface area contributed by atoms with Crippen LogP contribution >= 0.6 is 23.2 Å². The average molecular weight is 529 g/mol. The summed E-state index contributed by atoms with van der Waals surface area (Å²) >= 11 is 12.7. The van der Waals surface area contributed by atoms with Gasteiger partial charge in [0.1, 0.15) is 12.6 Å². The van der Waals surface area contributed by atoms with E-state index in [4.69, 9.17) is 23.2 Å². The molecule has 2 amide bonds. The van der Waals surface area contributed by atoms with Crippen molar-refractivity contribution >= 4 is 50.9 Å². The van der Waals surface area contributed by atoms with E-state index in [0.29, 0.717) is 34.3 Å². The zero-order chi connectivity index (χ0) is 25.5. The van der Waals surface area contributed by atoms with Crippen LogP contribution < -0.4 is 9.62 Å². The van der Waals surface area contributed by atoms with Crippen molar-refractivity contribution in [2.75, 3.05) is 31.5 Å². The lowest BCUT2D eigenvalue weighted by atomic mass is 10.1. The van der Waals surface area contributed by atoms with Crippen molar-refractivity contribution in [1.82, 2.24) is 14.5 Å². The van der Waals surface area contributed by atoms with Gasteiger partial charge in [-0.15, -0.1) is 0 Å². The minimum Gasteiger partial charge on any atom is -0.355 e. The van der Waals surface area contributed by atoms with Crippen molar-refractivity contribution in [3.8, 4) is 0 Å². The summed E-state index contributed by atoms with van der Waals surface area (Å²) in [6, 6.07) is 12.4. The molecule has 186 valence electrons. The number of carbonyl (C=O) groups is 2. The predicted molar refractivity (Wildman–Crippen MR) is 136 cm³/mol. The van der Waals surface area contributed by atoms with Gasteiger partial charge in [0.25, 0.3) is 0 Å². The van der Waals surface area contributed by atoms with E-state index in [1.165, 1.54) is 19.0 Å². The Hall–Kier alpha value is -2.33. The van der Waals surface area contributed by atoms with E-state index in [2.05, 4.69) is 5.32 Å². The SMILES string of the molecule is CCNC(=O)C(CC)N(Cc1c(Cl)cccc1Cl)C(=O)CN(c1ccccc1)S(=O)(=O)N(C)C. The minimum absolute atomic E-state index is 0.0579. The molecule has 0 radical (unpaired) electrons. The number of halogens is 2. The Morgan fingerprint density at radius 1 is 0.971 bits per heavy atom. The molecule has 11 heteroatoms. The summed E-state index contributed by atoms with van der Waals surface area (Å²) in [6.45, 7) is 3.37. The highest BCUT2D eigenvalue weighted by Crippen LogP contribution is 2.28. The number of rotatable bonds is 11. The summed E-state index contributed by atoms with van der Waals surface area (Å²) in [6.07, 6.45) is 0.311. The molecule has 1 unspecified atom stereocenters. The number of nitrogens with zero attached hydrogens (tertiary/aromatic N) is 3. The molecular formula is C23H30Cl2N4O4S. The van der Waals surface area contributed by atoms with Gasteiger partial charge in [0.05, 0.1) is 5.69 Å². The van der Waals surface area contributed by atoms with E-state index in [9.17, 15) is 18.0 Å². The maximum absolute atomic E-state index is 13.7. The molecule has 0 bridgehead atoms. The zero-order valence-corrected chi connectivity index (χ0v) is 22.0. The first-order chi connectivity index (χ1) is 16.0. The molecule has 0 fully saturated rings. The fourth-order valence-corrected chi connectivity index (χ4v) is 4.95. The smallest absolute Gasteiger partial charge is 0.304 e. The van der Waals surface area contributed by atoms with E-state index in [-0.39, 0.29) is 12.5 Å². The molecule has 0 aliphatic rings. The summed E-state index contributed by atoms with van der Waals surface area (Å²) in [5, 5.41) is 3.43. The molecule has 1 atom stereocenters. The number of hydrogen-bond donors (Lipinski definition) is 1. The number of likely N-dealkylation sites (N-methyl/N-ethyl adjacent to an activating group) is 1. The van der Waals surface area contributed by atoms with Crippen LogP contribution in [0.15, 0.2) is 48.5 Å². The monoisotopic (exact) mass is 528 g/mol. The van der Waals surface area contributed by atoms with Gasteiger partial charge in [-0.3, -0.25) is 9.59 Å². The molecular weight excluding hydrogens is 499 g/mol. The molecule has 2 aromatic rings. The van der Waals surface area contributed by atoms with Gasteiger partial charge < -0.3 is 10.2 Å². The fourth-order valence-electron chi connectivity index (χ4n) is 3.38. The lowest BCUT2D eigenvalue weighted by Crippen LogP contribution is -2.53. The summed E-state index contributed by atoms with van der Waals surface area (Å²) in [4.78, 5) is 27.8. The van der Waals surface area contributed by atoms with Crippen LogP contribution in [0.2, 0.25) is 10.0 Å². The number of para-hydroxylation sites is 1. The number of benzene rings is 2. The third-order valence-corrected chi connectivity index (χ3v) is 7.72. The summed E-state index contributed by atoms with van der Waals surface area (Å²) in [5.74, 6) is -0.911.